The van der Waals surface area contributed by atoms with Gasteiger partial charge in [-0.25, -0.2) is 9.37 Å². The third kappa shape index (κ3) is 3.97. The first-order valence-electron chi connectivity index (χ1n) is 9.55. The van der Waals surface area contributed by atoms with Crippen LogP contribution in [0.25, 0.3) is 5.65 Å². The molecule has 1 fully saturated rings. The maximum absolute atomic E-state index is 14.3. The summed E-state index contributed by atoms with van der Waals surface area (Å²) in [5.74, 6) is -1.61. The Labute approximate surface area is 166 Å². The number of nitrogens with zero attached hydrogens (tertiary/aromatic N) is 2. The molecular weight excluding hydrogens is 375 g/mol. The number of aromatic nitrogens is 2. The van der Waals surface area contributed by atoms with E-state index in [2.05, 4.69) is 15.6 Å². The number of carbonyl (C=O) groups excluding carboxylic acids is 2. The summed E-state index contributed by atoms with van der Waals surface area (Å²) in [6, 6.07) is 8.77. The standard InChI is InChI=1S/C21H21FN4O3/c22-14-9-8-13(20(28)24-15-5-1-2-6-18(15)27)11-16(14)25-21(29)17-12-23-19-7-3-4-10-26(17)19/h3-4,7-12,15,18,27H,1-2,5-6H2,(H,24,28)(H,25,29)/t15-,18-/m0/s1. The molecule has 1 aromatic carbocycles. The first kappa shape index (κ1) is 19.1. The van der Waals surface area contributed by atoms with Gasteiger partial charge in [0.1, 0.15) is 17.2 Å². The maximum Gasteiger partial charge on any atom is 0.274 e. The number of pyridine rings is 1. The SMILES string of the molecule is O=C(N[C@H]1CCCC[C@@H]1O)c1ccc(F)c(NC(=O)c2cnc3ccccn23)c1. The molecule has 1 saturated carbocycles. The number of hydrogen-bond donors (Lipinski definition) is 3. The molecule has 2 atom stereocenters. The van der Waals surface area contributed by atoms with E-state index in [9.17, 15) is 19.1 Å². The van der Waals surface area contributed by atoms with Gasteiger partial charge in [-0.1, -0.05) is 18.9 Å². The van der Waals surface area contributed by atoms with Crippen molar-refractivity contribution < 1.29 is 19.1 Å². The van der Waals surface area contributed by atoms with E-state index in [4.69, 9.17) is 0 Å². The van der Waals surface area contributed by atoms with Gasteiger partial charge in [0.15, 0.2) is 0 Å². The first-order chi connectivity index (χ1) is 14.0. The van der Waals surface area contributed by atoms with E-state index in [1.54, 1.807) is 28.8 Å². The summed E-state index contributed by atoms with van der Waals surface area (Å²) in [6.45, 7) is 0. The fourth-order valence-corrected chi connectivity index (χ4v) is 3.58. The molecule has 1 aliphatic carbocycles. The Morgan fingerprint density at radius 2 is 1.97 bits per heavy atom. The summed E-state index contributed by atoms with van der Waals surface area (Å²) in [6.07, 6.45) is 5.73. The highest BCUT2D eigenvalue weighted by Crippen LogP contribution is 2.21. The van der Waals surface area contributed by atoms with Crippen molar-refractivity contribution in [1.82, 2.24) is 14.7 Å². The van der Waals surface area contributed by atoms with E-state index >= 15 is 0 Å². The third-order valence-electron chi connectivity index (χ3n) is 5.17. The normalized spacial score (nSPS) is 19.1. The van der Waals surface area contributed by atoms with Gasteiger partial charge in [0, 0.05) is 11.8 Å². The second kappa shape index (κ2) is 8.00. The van der Waals surface area contributed by atoms with Gasteiger partial charge in [0.25, 0.3) is 11.8 Å². The number of hydrogen-bond acceptors (Lipinski definition) is 4. The maximum atomic E-state index is 14.3. The van der Waals surface area contributed by atoms with Crippen molar-refractivity contribution >= 4 is 23.1 Å². The molecule has 7 nitrogen and oxygen atoms in total. The zero-order valence-corrected chi connectivity index (χ0v) is 15.6. The fraction of sp³-hybridized carbons (Fsp3) is 0.286. The predicted octanol–water partition coefficient (Wildman–Crippen LogP) is 2.76. The van der Waals surface area contributed by atoms with Crippen LogP contribution in [0.2, 0.25) is 0 Å². The quantitative estimate of drug-likeness (QED) is 0.632. The van der Waals surface area contributed by atoms with Crippen LogP contribution in [0.1, 0.15) is 46.5 Å². The number of benzene rings is 1. The van der Waals surface area contributed by atoms with Crippen LogP contribution in [0, 0.1) is 5.82 Å². The Morgan fingerprint density at radius 1 is 1.14 bits per heavy atom. The molecule has 150 valence electrons. The highest BCUT2D eigenvalue weighted by atomic mass is 19.1. The molecule has 2 heterocycles. The molecular formula is C21H21FN4O3. The number of halogens is 1. The van der Waals surface area contributed by atoms with Crippen molar-refractivity contribution in [3.8, 4) is 0 Å². The molecule has 2 aromatic heterocycles. The predicted molar refractivity (Wildman–Crippen MR) is 105 cm³/mol. The first-order valence-corrected chi connectivity index (χ1v) is 9.55. The minimum Gasteiger partial charge on any atom is -0.391 e. The van der Waals surface area contributed by atoms with Crippen LogP contribution in [0.4, 0.5) is 10.1 Å². The largest absolute Gasteiger partial charge is 0.391 e. The Morgan fingerprint density at radius 3 is 2.79 bits per heavy atom. The van der Waals surface area contributed by atoms with Gasteiger partial charge in [0.05, 0.1) is 24.0 Å². The third-order valence-corrected chi connectivity index (χ3v) is 5.17. The Balaban J connectivity index is 1.52. The van der Waals surface area contributed by atoms with E-state index in [-0.39, 0.29) is 23.0 Å². The van der Waals surface area contributed by atoms with Crippen molar-refractivity contribution in [3.05, 3.63) is 65.9 Å². The molecule has 3 aromatic rings. The molecule has 0 spiro atoms. The second-order valence-corrected chi connectivity index (χ2v) is 7.15. The van der Waals surface area contributed by atoms with Crippen LogP contribution < -0.4 is 10.6 Å². The van der Waals surface area contributed by atoms with Gasteiger partial charge in [0.2, 0.25) is 0 Å². The van der Waals surface area contributed by atoms with Gasteiger partial charge in [-0.15, -0.1) is 0 Å². The van der Waals surface area contributed by atoms with Crippen molar-refractivity contribution in [3.63, 3.8) is 0 Å². The second-order valence-electron chi connectivity index (χ2n) is 7.15. The molecule has 0 saturated heterocycles. The van der Waals surface area contributed by atoms with E-state index in [0.29, 0.717) is 18.5 Å². The summed E-state index contributed by atoms with van der Waals surface area (Å²) >= 11 is 0. The monoisotopic (exact) mass is 396 g/mol. The number of imidazole rings is 1. The zero-order valence-electron chi connectivity index (χ0n) is 15.6. The zero-order chi connectivity index (χ0) is 20.4. The molecule has 29 heavy (non-hydrogen) atoms. The van der Waals surface area contributed by atoms with Crippen LogP contribution >= 0.6 is 0 Å². The Bertz CT molecular complexity index is 1070. The van der Waals surface area contributed by atoms with Gasteiger partial charge in [-0.05, 0) is 43.2 Å². The van der Waals surface area contributed by atoms with Crippen LogP contribution in [0.3, 0.4) is 0 Å². The van der Waals surface area contributed by atoms with Crippen LogP contribution in [-0.2, 0) is 0 Å². The number of carbonyl (C=O) groups is 2. The van der Waals surface area contributed by atoms with E-state index in [1.807, 2.05) is 0 Å². The van der Waals surface area contributed by atoms with Crippen LogP contribution in [0.5, 0.6) is 0 Å². The molecule has 2 amide bonds. The highest BCUT2D eigenvalue weighted by molar-refractivity contribution is 6.04. The number of aliphatic hydroxyl groups is 1. The van der Waals surface area contributed by atoms with Crippen molar-refractivity contribution in [2.24, 2.45) is 0 Å². The molecule has 0 unspecified atom stereocenters. The van der Waals surface area contributed by atoms with Crippen molar-refractivity contribution in [1.29, 1.82) is 0 Å². The van der Waals surface area contributed by atoms with Gasteiger partial charge >= 0.3 is 0 Å². The summed E-state index contributed by atoms with van der Waals surface area (Å²) < 4.78 is 15.9. The summed E-state index contributed by atoms with van der Waals surface area (Å²) in [7, 11) is 0. The molecule has 3 N–H and O–H groups in total. The number of rotatable bonds is 4. The highest BCUT2D eigenvalue weighted by Gasteiger charge is 2.25. The summed E-state index contributed by atoms with van der Waals surface area (Å²) in [5.41, 5.74) is 0.952. The minimum absolute atomic E-state index is 0.0993. The number of amides is 2. The molecule has 0 bridgehead atoms. The topological polar surface area (TPSA) is 95.7 Å². The smallest absolute Gasteiger partial charge is 0.274 e. The number of fused-ring (bicyclic) bond motifs is 1. The van der Waals surface area contributed by atoms with Crippen LogP contribution in [0.15, 0.2) is 48.8 Å². The lowest BCUT2D eigenvalue weighted by Crippen LogP contribution is -2.45. The number of nitrogens with one attached hydrogen (secondary N) is 2. The van der Waals surface area contributed by atoms with Gasteiger partial charge in [-0.3, -0.25) is 14.0 Å². The molecule has 8 heteroatoms. The molecule has 0 aliphatic heterocycles. The molecule has 4 rings (SSSR count). The van der Waals surface area contributed by atoms with E-state index in [0.717, 1.165) is 18.9 Å². The average Bonchev–Trinajstić information content (AvgIpc) is 3.15. The number of aliphatic hydroxyl groups excluding tert-OH is 1. The minimum atomic E-state index is -0.651. The molecule has 1 aliphatic rings. The van der Waals surface area contributed by atoms with Crippen molar-refractivity contribution in [2.75, 3.05) is 5.32 Å². The average molecular weight is 396 g/mol. The van der Waals surface area contributed by atoms with E-state index in [1.165, 1.54) is 18.3 Å². The lowest BCUT2D eigenvalue weighted by Gasteiger charge is -2.28. The summed E-state index contributed by atoms with van der Waals surface area (Å²) in [4.78, 5) is 29.3. The summed E-state index contributed by atoms with van der Waals surface area (Å²) in [5, 5.41) is 15.3. The fourth-order valence-electron chi connectivity index (χ4n) is 3.58. The van der Waals surface area contributed by atoms with Crippen molar-refractivity contribution in [2.45, 2.75) is 37.8 Å². The lowest BCUT2D eigenvalue weighted by molar-refractivity contribution is 0.0717. The van der Waals surface area contributed by atoms with Gasteiger partial charge < -0.3 is 15.7 Å². The van der Waals surface area contributed by atoms with Crippen LogP contribution in [-0.4, -0.2) is 38.5 Å². The Hall–Kier alpha value is -3.26. The lowest BCUT2D eigenvalue weighted by atomic mass is 9.92. The number of anilines is 1. The van der Waals surface area contributed by atoms with Gasteiger partial charge in [-0.2, -0.15) is 0 Å². The molecule has 0 radical (unpaired) electrons. The Kier molecular flexibility index (Phi) is 5.26. The van der Waals surface area contributed by atoms with E-state index < -0.39 is 23.7 Å².